The topological polar surface area (TPSA) is 49.3 Å². The van der Waals surface area contributed by atoms with Crippen molar-refractivity contribution < 1.29 is 14.3 Å². The van der Waals surface area contributed by atoms with Crippen molar-refractivity contribution in [2.45, 2.75) is 6.54 Å². The van der Waals surface area contributed by atoms with Crippen molar-refractivity contribution in [3.8, 4) is 0 Å². The van der Waals surface area contributed by atoms with Crippen LogP contribution in [-0.2, 0) is 6.54 Å². The van der Waals surface area contributed by atoms with Crippen LogP contribution in [0.4, 0.5) is 10.1 Å². The molecule has 2 aromatic rings. The summed E-state index contributed by atoms with van der Waals surface area (Å²) in [5, 5.41) is 13.5. The number of anilines is 1. The molecule has 0 aliphatic carbocycles. The van der Waals surface area contributed by atoms with E-state index in [1.54, 1.807) is 17.5 Å². The van der Waals surface area contributed by atoms with Crippen molar-refractivity contribution in [3.63, 3.8) is 0 Å². The lowest BCUT2D eigenvalue weighted by molar-refractivity contribution is 0.0697. The van der Waals surface area contributed by atoms with Crippen molar-refractivity contribution in [2.75, 3.05) is 5.32 Å². The molecule has 2 N–H and O–H groups in total. The third kappa shape index (κ3) is 2.80. The lowest BCUT2D eigenvalue weighted by Crippen LogP contribution is -2.01. The van der Waals surface area contributed by atoms with Crippen LogP contribution >= 0.6 is 22.9 Å². The highest BCUT2D eigenvalue weighted by atomic mass is 35.5. The largest absolute Gasteiger partial charge is 0.478 e. The molecule has 6 heteroatoms. The normalized spacial score (nSPS) is 10.3. The molecule has 0 unspecified atom stereocenters. The quantitative estimate of drug-likeness (QED) is 0.897. The van der Waals surface area contributed by atoms with Gasteiger partial charge in [-0.05, 0) is 18.2 Å². The summed E-state index contributed by atoms with van der Waals surface area (Å²) in [6.07, 6.45) is 0. The number of rotatable bonds is 4. The van der Waals surface area contributed by atoms with Gasteiger partial charge < -0.3 is 10.4 Å². The van der Waals surface area contributed by atoms with Gasteiger partial charge in [0.2, 0.25) is 0 Å². The maximum Gasteiger partial charge on any atom is 0.336 e. The van der Waals surface area contributed by atoms with Gasteiger partial charge in [-0.25, -0.2) is 9.18 Å². The Balaban J connectivity index is 2.09. The number of carboxylic acids is 1. The second-order valence-corrected chi connectivity index (χ2v) is 4.96. The van der Waals surface area contributed by atoms with Crippen LogP contribution in [0.2, 0.25) is 5.02 Å². The number of para-hydroxylation sites is 1. The fourth-order valence-corrected chi connectivity index (χ4v) is 2.46. The Morgan fingerprint density at radius 2 is 2.28 bits per heavy atom. The Morgan fingerprint density at radius 1 is 1.50 bits per heavy atom. The fraction of sp³-hybridized carbons (Fsp3) is 0.0833. The van der Waals surface area contributed by atoms with Gasteiger partial charge in [0.15, 0.2) is 0 Å². The summed E-state index contributed by atoms with van der Waals surface area (Å²) < 4.78 is 13.4. The number of halogens is 2. The van der Waals surface area contributed by atoms with Crippen LogP contribution in [0.1, 0.15) is 15.2 Å². The molecule has 2 rings (SSSR count). The van der Waals surface area contributed by atoms with E-state index in [-0.39, 0.29) is 11.3 Å². The molecule has 0 saturated heterocycles. The lowest BCUT2D eigenvalue weighted by Gasteiger charge is -2.07. The van der Waals surface area contributed by atoms with Crippen molar-refractivity contribution in [3.05, 3.63) is 50.9 Å². The van der Waals surface area contributed by atoms with Crippen molar-refractivity contribution in [1.82, 2.24) is 0 Å². The van der Waals surface area contributed by atoms with Gasteiger partial charge >= 0.3 is 5.97 Å². The summed E-state index contributed by atoms with van der Waals surface area (Å²) in [5.41, 5.74) is 0.459. The van der Waals surface area contributed by atoms with E-state index in [0.29, 0.717) is 11.6 Å². The zero-order chi connectivity index (χ0) is 13.1. The predicted molar refractivity (Wildman–Crippen MR) is 70.0 cm³/mol. The molecule has 0 aliphatic heterocycles. The van der Waals surface area contributed by atoms with Crippen molar-refractivity contribution in [2.24, 2.45) is 0 Å². The molecule has 0 bridgehead atoms. The van der Waals surface area contributed by atoms with Gasteiger partial charge in [0, 0.05) is 16.8 Å². The van der Waals surface area contributed by atoms with Crippen molar-refractivity contribution >= 4 is 34.6 Å². The monoisotopic (exact) mass is 285 g/mol. The highest BCUT2D eigenvalue weighted by Crippen LogP contribution is 2.26. The van der Waals surface area contributed by atoms with Crippen LogP contribution in [0, 0.1) is 5.82 Å². The van der Waals surface area contributed by atoms with Crippen LogP contribution in [0.3, 0.4) is 0 Å². The van der Waals surface area contributed by atoms with E-state index < -0.39 is 11.8 Å². The minimum atomic E-state index is -0.971. The first-order chi connectivity index (χ1) is 8.58. The second-order valence-electron chi connectivity index (χ2n) is 3.56. The molecule has 0 aliphatic rings. The van der Waals surface area contributed by atoms with Gasteiger partial charge in [-0.15, -0.1) is 11.3 Å². The summed E-state index contributed by atoms with van der Waals surface area (Å²) in [6.45, 7) is 0.332. The number of nitrogens with one attached hydrogen (secondary N) is 1. The van der Waals surface area contributed by atoms with Gasteiger partial charge in [0.25, 0.3) is 0 Å². The number of carbonyl (C=O) groups is 1. The maximum absolute atomic E-state index is 13.4. The summed E-state index contributed by atoms with van der Waals surface area (Å²) in [5.74, 6) is -1.40. The zero-order valence-electron chi connectivity index (χ0n) is 9.11. The van der Waals surface area contributed by atoms with E-state index in [1.807, 2.05) is 0 Å². The average molecular weight is 286 g/mol. The lowest BCUT2D eigenvalue weighted by atomic mass is 10.3. The van der Waals surface area contributed by atoms with E-state index >= 15 is 0 Å². The number of aromatic carboxylic acids is 1. The first-order valence-electron chi connectivity index (χ1n) is 5.06. The number of hydrogen-bond donors (Lipinski definition) is 2. The summed E-state index contributed by atoms with van der Waals surface area (Å²) in [7, 11) is 0. The third-order valence-corrected chi connectivity index (χ3v) is 3.55. The minimum absolute atomic E-state index is 0.226. The number of carboxylic acid groups (broad SMARTS) is 1. The molecule has 1 aromatic carbocycles. The Kier molecular flexibility index (Phi) is 3.84. The highest BCUT2D eigenvalue weighted by Gasteiger charge is 2.09. The van der Waals surface area contributed by atoms with E-state index in [0.717, 1.165) is 4.88 Å². The molecule has 0 fully saturated rings. The van der Waals surface area contributed by atoms with E-state index in [9.17, 15) is 9.18 Å². The van der Waals surface area contributed by atoms with Crippen LogP contribution in [0.5, 0.6) is 0 Å². The molecule has 0 amide bonds. The first kappa shape index (κ1) is 12.9. The number of thiophene rings is 1. The number of benzene rings is 1. The van der Waals surface area contributed by atoms with Gasteiger partial charge in [-0.3, -0.25) is 0 Å². The molecular weight excluding hydrogens is 277 g/mol. The zero-order valence-corrected chi connectivity index (χ0v) is 10.7. The number of hydrogen-bond acceptors (Lipinski definition) is 3. The van der Waals surface area contributed by atoms with Gasteiger partial charge in [-0.2, -0.15) is 0 Å². The van der Waals surface area contributed by atoms with E-state index in [2.05, 4.69) is 5.32 Å². The second kappa shape index (κ2) is 5.37. The first-order valence-corrected chi connectivity index (χ1v) is 6.32. The van der Waals surface area contributed by atoms with Crippen molar-refractivity contribution in [1.29, 1.82) is 0 Å². The Bertz CT molecular complexity index is 565. The summed E-state index contributed by atoms with van der Waals surface area (Å²) >= 11 is 7.16. The van der Waals surface area contributed by atoms with E-state index in [1.165, 1.54) is 23.5 Å². The highest BCUT2D eigenvalue weighted by molar-refractivity contribution is 7.10. The standard InChI is InChI=1S/C12H9ClFNO2S/c13-9-2-1-3-10(14)11(9)15-5-8-4-7(6-18-8)12(16)17/h1-4,6,15H,5H2,(H,16,17). The summed E-state index contributed by atoms with van der Waals surface area (Å²) in [6, 6.07) is 5.97. The average Bonchev–Trinajstić information content (AvgIpc) is 2.77. The smallest absolute Gasteiger partial charge is 0.336 e. The molecule has 18 heavy (non-hydrogen) atoms. The van der Waals surface area contributed by atoms with Gasteiger partial charge in [0.05, 0.1) is 16.3 Å². The molecule has 94 valence electrons. The summed E-state index contributed by atoms with van der Waals surface area (Å²) in [4.78, 5) is 11.5. The fourth-order valence-electron chi connectivity index (χ4n) is 1.43. The molecule has 0 atom stereocenters. The molecule has 0 radical (unpaired) electrons. The minimum Gasteiger partial charge on any atom is -0.478 e. The third-order valence-electron chi connectivity index (χ3n) is 2.30. The van der Waals surface area contributed by atoms with Gasteiger partial charge in [-0.1, -0.05) is 17.7 Å². The Morgan fingerprint density at radius 3 is 2.89 bits per heavy atom. The van der Waals surface area contributed by atoms with Crippen LogP contribution in [-0.4, -0.2) is 11.1 Å². The molecular formula is C12H9ClFNO2S. The molecule has 1 aromatic heterocycles. The SMILES string of the molecule is O=C(O)c1csc(CNc2c(F)cccc2Cl)c1. The van der Waals surface area contributed by atoms with Gasteiger partial charge in [0.1, 0.15) is 5.82 Å². The molecule has 1 heterocycles. The Hall–Kier alpha value is -1.59. The van der Waals surface area contributed by atoms with Crippen LogP contribution < -0.4 is 5.32 Å². The van der Waals surface area contributed by atoms with Crippen LogP contribution in [0.15, 0.2) is 29.6 Å². The molecule has 0 spiro atoms. The predicted octanol–water partition coefficient (Wildman–Crippen LogP) is 3.85. The molecule has 0 saturated carbocycles. The van der Waals surface area contributed by atoms with E-state index in [4.69, 9.17) is 16.7 Å². The Labute approximate surface area is 112 Å². The maximum atomic E-state index is 13.4. The van der Waals surface area contributed by atoms with Crippen LogP contribution in [0.25, 0.3) is 0 Å². The molecule has 3 nitrogen and oxygen atoms in total.